The van der Waals surface area contributed by atoms with E-state index in [4.69, 9.17) is 11.6 Å². The van der Waals surface area contributed by atoms with Gasteiger partial charge in [-0.1, -0.05) is 17.7 Å². The molecule has 0 radical (unpaired) electrons. The number of benzene rings is 1. The lowest BCUT2D eigenvalue weighted by molar-refractivity contribution is -0.117. The minimum Gasteiger partial charge on any atom is -0.322 e. The Bertz CT molecular complexity index is 543. The zero-order valence-corrected chi connectivity index (χ0v) is 12.8. The van der Waals surface area contributed by atoms with Crippen LogP contribution >= 0.6 is 11.6 Å². The molecule has 0 aliphatic carbocycles. The fourth-order valence-electron chi connectivity index (χ4n) is 2.30. The molecular weight excluding hydrogens is 276 g/mol. The fraction of sp³-hybridized carbons (Fsp3) is 0.467. The van der Waals surface area contributed by atoms with Crippen molar-refractivity contribution in [3.8, 4) is 0 Å². The Labute approximate surface area is 124 Å². The average Bonchev–Trinajstić information content (AvgIpc) is 2.52. The molecule has 0 spiro atoms. The highest BCUT2D eigenvalue weighted by atomic mass is 35.5. The number of aryl methyl sites for hydroxylation is 1. The van der Waals surface area contributed by atoms with Crippen molar-refractivity contribution < 1.29 is 9.59 Å². The van der Waals surface area contributed by atoms with Crippen LogP contribution in [0.15, 0.2) is 18.2 Å². The molecule has 1 heterocycles. The SMILES string of the molecule is Cc1ccc(N2C(=O)CCCN(C(C)C)C2=O)cc1Cl. The van der Waals surface area contributed by atoms with Crippen molar-refractivity contribution in [2.45, 2.75) is 39.7 Å². The summed E-state index contributed by atoms with van der Waals surface area (Å²) in [5.74, 6) is -0.168. The summed E-state index contributed by atoms with van der Waals surface area (Å²) in [7, 11) is 0. The van der Waals surface area contributed by atoms with Crippen LogP contribution in [-0.4, -0.2) is 29.4 Å². The highest BCUT2D eigenvalue weighted by Crippen LogP contribution is 2.26. The number of halogens is 1. The van der Waals surface area contributed by atoms with Crippen LogP contribution in [0.1, 0.15) is 32.3 Å². The number of rotatable bonds is 2. The lowest BCUT2D eigenvalue weighted by Gasteiger charge is -2.29. The van der Waals surface area contributed by atoms with E-state index in [1.165, 1.54) is 4.90 Å². The van der Waals surface area contributed by atoms with E-state index in [1.54, 1.807) is 17.0 Å². The molecule has 1 aromatic rings. The van der Waals surface area contributed by atoms with E-state index in [9.17, 15) is 9.59 Å². The third kappa shape index (κ3) is 2.80. The van der Waals surface area contributed by atoms with Gasteiger partial charge in [-0.2, -0.15) is 0 Å². The molecule has 5 heteroatoms. The maximum atomic E-state index is 12.6. The van der Waals surface area contributed by atoms with Crippen molar-refractivity contribution in [3.63, 3.8) is 0 Å². The van der Waals surface area contributed by atoms with Crippen molar-refractivity contribution in [3.05, 3.63) is 28.8 Å². The molecule has 1 aromatic carbocycles. The molecule has 0 aromatic heterocycles. The minimum absolute atomic E-state index is 0.0665. The first kappa shape index (κ1) is 14.9. The third-order valence-corrected chi connectivity index (χ3v) is 3.92. The second-order valence-electron chi connectivity index (χ2n) is 5.34. The molecule has 3 amide bonds. The lowest BCUT2D eigenvalue weighted by atomic mass is 10.2. The maximum absolute atomic E-state index is 12.6. The Morgan fingerprint density at radius 3 is 2.55 bits per heavy atom. The minimum atomic E-state index is -0.262. The number of imide groups is 1. The Morgan fingerprint density at radius 1 is 1.25 bits per heavy atom. The van der Waals surface area contributed by atoms with E-state index in [0.717, 1.165) is 5.56 Å². The van der Waals surface area contributed by atoms with Gasteiger partial charge in [0.25, 0.3) is 0 Å². The van der Waals surface area contributed by atoms with E-state index in [1.807, 2.05) is 26.8 Å². The quantitative estimate of drug-likeness (QED) is 0.836. The molecule has 1 fully saturated rings. The van der Waals surface area contributed by atoms with Crippen LogP contribution in [0, 0.1) is 6.92 Å². The first-order chi connectivity index (χ1) is 9.41. The van der Waals surface area contributed by atoms with Crippen LogP contribution in [0.25, 0.3) is 0 Å². The standard InChI is InChI=1S/C15H19ClN2O2/c1-10(2)17-8-4-5-14(19)18(15(17)20)12-7-6-11(3)13(16)9-12/h6-7,9-10H,4-5,8H2,1-3H3. The van der Waals surface area contributed by atoms with Gasteiger partial charge in [0.1, 0.15) is 0 Å². The number of hydrogen-bond acceptors (Lipinski definition) is 2. The zero-order valence-electron chi connectivity index (χ0n) is 12.0. The normalized spacial score (nSPS) is 16.9. The predicted molar refractivity (Wildman–Crippen MR) is 80.1 cm³/mol. The second-order valence-corrected chi connectivity index (χ2v) is 5.74. The molecule has 108 valence electrons. The first-order valence-corrected chi connectivity index (χ1v) is 7.19. The molecular formula is C15H19ClN2O2. The van der Waals surface area contributed by atoms with Crippen molar-refractivity contribution in [2.24, 2.45) is 0 Å². The van der Waals surface area contributed by atoms with Crippen molar-refractivity contribution >= 4 is 29.2 Å². The largest absolute Gasteiger partial charge is 0.331 e. The first-order valence-electron chi connectivity index (χ1n) is 6.81. The number of urea groups is 1. The van der Waals surface area contributed by atoms with Gasteiger partial charge in [0, 0.05) is 24.0 Å². The second kappa shape index (κ2) is 5.83. The Kier molecular flexibility index (Phi) is 4.33. The van der Waals surface area contributed by atoms with E-state index < -0.39 is 0 Å². The van der Waals surface area contributed by atoms with Gasteiger partial charge in [-0.25, -0.2) is 9.69 Å². The van der Waals surface area contributed by atoms with Crippen LogP contribution in [0.3, 0.4) is 0 Å². The molecule has 2 rings (SSSR count). The van der Waals surface area contributed by atoms with Crippen LogP contribution in [0.5, 0.6) is 0 Å². The number of carbonyl (C=O) groups is 2. The smallest absolute Gasteiger partial charge is 0.322 e. The molecule has 20 heavy (non-hydrogen) atoms. The van der Waals surface area contributed by atoms with Crippen LogP contribution < -0.4 is 4.90 Å². The molecule has 0 bridgehead atoms. The summed E-state index contributed by atoms with van der Waals surface area (Å²) >= 11 is 6.11. The molecule has 1 aliphatic rings. The summed E-state index contributed by atoms with van der Waals surface area (Å²) < 4.78 is 0. The molecule has 0 saturated carbocycles. The molecule has 0 N–H and O–H groups in total. The summed E-state index contributed by atoms with van der Waals surface area (Å²) in [5, 5.41) is 0.559. The van der Waals surface area contributed by atoms with Crippen molar-refractivity contribution in [2.75, 3.05) is 11.4 Å². The van der Waals surface area contributed by atoms with Crippen molar-refractivity contribution in [1.29, 1.82) is 0 Å². The monoisotopic (exact) mass is 294 g/mol. The topological polar surface area (TPSA) is 40.6 Å². The number of anilines is 1. The number of nitrogens with zero attached hydrogens (tertiary/aromatic N) is 2. The third-order valence-electron chi connectivity index (χ3n) is 3.51. The van der Waals surface area contributed by atoms with E-state index in [0.29, 0.717) is 30.1 Å². The number of carbonyl (C=O) groups excluding carboxylic acids is 2. The summed E-state index contributed by atoms with van der Waals surface area (Å²) in [6.45, 7) is 6.40. The predicted octanol–water partition coefficient (Wildman–Crippen LogP) is 3.61. The molecule has 0 unspecified atom stereocenters. The van der Waals surface area contributed by atoms with E-state index in [2.05, 4.69) is 0 Å². The zero-order chi connectivity index (χ0) is 14.9. The van der Waals surface area contributed by atoms with Crippen LogP contribution in [0.4, 0.5) is 10.5 Å². The number of hydrogen-bond donors (Lipinski definition) is 0. The fourth-order valence-corrected chi connectivity index (χ4v) is 2.47. The summed E-state index contributed by atoms with van der Waals surface area (Å²) in [5.41, 5.74) is 1.47. The van der Waals surface area contributed by atoms with Crippen LogP contribution in [0.2, 0.25) is 5.02 Å². The highest BCUT2D eigenvalue weighted by molar-refractivity contribution is 6.32. The maximum Gasteiger partial charge on any atom is 0.331 e. The van der Waals surface area contributed by atoms with Gasteiger partial charge < -0.3 is 4.90 Å². The highest BCUT2D eigenvalue weighted by Gasteiger charge is 2.32. The van der Waals surface area contributed by atoms with Gasteiger partial charge in [0.2, 0.25) is 5.91 Å². The van der Waals surface area contributed by atoms with Gasteiger partial charge >= 0.3 is 6.03 Å². The van der Waals surface area contributed by atoms with Gasteiger partial charge in [-0.15, -0.1) is 0 Å². The summed E-state index contributed by atoms with van der Waals surface area (Å²) in [4.78, 5) is 27.8. The van der Waals surface area contributed by atoms with Gasteiger partial charge in [0.15, 0.2) is 0 Å². The number of amides is 3. The lowest BCUT2D eigenvalue weighted by Crippen LogP contribution is -2.47. The molecule has 4 nitrogen and oxygen atoms in total. The van der Waals surface area contributed by atoms with Gasteiger partial charge in [-0.3, -0.25) is 4.79 Å². The van der Waals surface area contributed by atoms with E-state index >= 15 is 0 Å². The van der Waals surface area contributed by atoms with Crippen molar-refractivity contribution in [1.82, 2.24) is 4.90 Å². The average molecular weight is 295 g/mol. The Hall–Kier alpha value is -1.55. The Balaban J connectivity index is 2.41. The van der Waals surface area contributed by atoms with Crippen LogP contribution in [-0.2, 0) is 4.79 Å². The molecule has 1 aliphatic heterocycles. The summed E-state index contributed by atoms with van der Waals surface area (Å²) in [6.07, 6.45) is 1.07. The van der Waals surface area contributed by atoms with E-state index in [-0.39, 0.29) is 18.0 Å². The molecule has 0 atom stereocenters. The Morgan fingerprint density at radius 2 is 1.95 bits per heavy atom. The van der Waals surface area contributed by atoms with Gasteiger partial charge in [-0.05, 0) is 44.9 Å². The summed E-state index contributed by atoms with van der Waals surface area (Å²) in [6, 6.07) is 5.07. The molecule has 1 saturated heterocycles. The van der Waals surface area contributed by atoms with Gasteiger partial charge in [0.05, 0.1) is 5.69 Å².